The summed E-state index contributed by atoms with van der Waals surface area (Å²) in [6.07, 6.45) is 3.15. The number of benzene rings is 1. The van der Waals surface area contributed by atoms with Gasteiger partial charge >= 0.3 is 0 Å². The molecule has 1 atom stereocenters. The molecule has 0 spiro atoms. The maximum absolute atomic E-state index is 10.2. The third-order valence-corrected chi connectivity index (χ3v) is 4.06. The molecule has 0 heterocycles. The van der Waals surface area contributed by atoms with Gasteiger partial charge in [0.15, 0.2) is 0 Å². The molecule has 2 rings (SSSR count). The molecule has 0 aromatic heterocycles. The quantitative estimate of drug-likeness (QED) is 0.819. The van der Waals surface area contributed by atoms with Crippen molar-refractivity contribution < 1.29 is 14.6 Å². The first-order chi connectivity index (χ1) is 8.72. The summed E-state index contributed by atoms with van der Waals surface area (Å²) < 4.78 is 11.4. The molecule has 3 nitrogen and oxygen atoms in total. The van der Waals surface area contributed by atoms with Gasteiger partial charge in [0.1, 0.15) is 12.4 Å². The zero-order valence-corrected chi connectivity index (χ0v) is 12.1. The highest BCUT2D eigenvalue weighted by Crippen LogP contribution is 2.39. The highest BCUT2D eigenvalue weighted by molar-refractivity contribution is 9.10. The number of rotatable bonds is 6. The monoisotopic (exact) mass is 314 g/mol. The Morgan fingerprint density at radius 1 is 1.39 bits per heavy atom. The van der Waals surface area contributed by atoms with Crippen molar-refractivity contribution >= 4 is 15.9 Å². The van der Waals surface area contributed by atoms with Crippen LogP contribution in [0, 0.1) is 5.92 Å². The highest BCUT2D eigenvalue weighted by atomic mass is 79.9. The molecular formula is C14H19BrO3. The fourth-order valence-corrected chi connectivity index (χ4v) is 2.59. The van der Waals surface area contributed by atoms with Crippen LogP contribution in [0.25, 0.3) is 0 Å². The summed E-state index contributed by atoms with van der Waals surface area (Å²) >= 11 is 3.48. The van der Waals surface area contributed by atoms with E-state index in [2.05, 4.69) is 15.9 Å². The summed E-state index contributed by atoms with van der Waals surface area (Å²) in [5.74, 6) is 1.22. The second kappa shape index (κ2) is 6.55. The molecule has 1 aromatic rings. The van der Waals surface area contributed by atoms with Gasteiger partial charge in [0.25, 0.3) is 0 Å². The number of methoxy groups -OCH3 is 1. The predicted octanol–water partition coefficient (Wildman–Crippen LogP) is 3.31. The van der Waals surface area contributed by atoms with E-state index in [1.807, 2.05) is 18.2 Å². The van der Waals surface area contributed by atoms with E-state index < -0.39 is 0 Å². The smallest absolute Gasteiger partial charge is 0.133 e. The Hall–Kier alpha value is -0.580. The standard InChI is InChI=1S/C14H19BrO3/c1-17-7-8-18-13-6-5-11(9-12(13)15)14(16)10-3-2-4-10/h5-6,9-10,14,16H,2-4,7-8H2,1H3. The van der Waals surface area contributed by atoms with Crippen LogP contribution >= 0.6 is 15.9 Å². The molecule has 4 heteroatoms. The van der Waals surface area contributed by atoms with Crippen LogP contribution in [0.1, 0.15) is 30.9 Å². The van der Waals surface area contributed by atoms with E-state index in [1.165, 1.54) is 6.42 Å². The van der Waals surface area contributed by atoms with Gasteiger partial charge in [-0.2, -0.15) is 0 Å². The molecule has 1 N–H and O–H groups in total. The van der Waals surface area contributed by atoms with Crippen molar-refractivity contribution in [1.29, 1.82) is 0 Å². The van der Waals surface area contributed by atoms with Crippen molar-refractivity contribution in [2.24, 2.45) is 5.92 Å². The van der Waals surface area contributed by atoms with Crippen LogP contribution in [0.2, 0.25) is 0 Å². The molecule has 0 amide bonds. The van der Waals surface area contributed by atoms with Gasteiger partial charge in [0, 0.05) is 7.11 Å². The number of aliphatic hydroxyl groups excluding tert-OH is 1. The van der Waals surface area contributed by atoms with Gasteiger partial charge in [-0.25, -0.2) is 0 Å². The normalized spacial score (nSPS) is 17.3. The van der Waals surface area contributed by atoms with Crippen LogP contribution in [0.15, 0.2) is 22.7 Å². The van der Waals surface area contributed by atoms with E-state index in [0.717, 1.165) is 28.6 Å². The summed E-state index contributed by atoms with van der Waals surface area (Å²) in [6.45, 7) is 1.10. The molecular weight excluding hydrogens is 296 g/mol. The lowest BCUT2D eigenvalue weighted by atomic mass is 9.79. The Morgan fingerprint density at radius 3 is 2.72 bits per heavy atom. The third kappa shape index (κ3) is 3.25. The molecule has 1 aliphatic rings. The van der Waals surface area contributed by atoms with Crippen LogP contribution in [0.5, 0.6) is 5.75 Å². The first-order valence-electron chi connectivity index (χ1n) is 6.31. The maximum atomic E-state index is 10.2. The molecule has 1 fully saturated rings. The van der Waals surface area contributed by atoms with Crippen molar-refractivity contribution in [2.45, 2.75) is 25.4 Å². The Labute approximate surface area is 116 Å². The maximum Gasteiger partial charge on any atom is 0.133 e. The molecule has 100 valence electrons. The Balaban J connectivity index is 1.99. The lowest BCUT2D eigenvalue weighted by Gasteiger charge is -2.30. The first kappa shape index (κ1) is 13.8. The van der Waals surface area contributed by atoms with Crippen molar-refractivity contribution in [3.8, 4) is 5.75 Å². The number of aliphatic hydroxyl groups is 1. The lowest BCUT2D eigenvalue weighted by molar-refractivity contribution is 0.0620. The van der Waals surface area contributed by atoms with Crippen LogP contribution in [-0.2, 0) is 4.74 Å². The van der Waals surface area contributed by atoms with Crippen molar-refractivity contribution in [2.75, 3.05) is 20.3 Å². The van der Waals surface area contributed by atoms with Gasteiger partial charge in [-0.3, -0.25) is 0 Å². The van der Waals surface area contributed by atoms with E-state index in [1.54, 1.807) is 7.11 Å². The number of halogens is 1. The first-order valence-corrected chi connectivity index (χ1v) is 7.11. The predicted molar refractivity (Wildman–Crippen MR) is 73.8 cm³/mol. The molecule has 1 unspecified atom stereocenters. The summed E-state index contributed by atoms with van der Waals surface area (Å²) in [4.78, 5) is 0. The van der Waals surface area contributed by atoms with Gasteiger partial charge in [-0.1, -0.05) is 12.5 Å². The largest absolute Gasteiger partial charge is 0.490 e. The minimum atomic E-state index is -0.344. The summed E-state index contributed by atoms with van der Waals surface area (Å²) in [5, 5.41) is 10.2. The average Bonchev–Trinajstić information content (AvgIpc) is 2.29. The molecule has 0 radical (unpaired) electrons. The van der Waals surface area contributed by atoms with Gasteiger partial charge in [0.2, 0.25) is 0 Å². The Kier molecular flexibility index (Phi) is 5.03. The van der Waals surface area contributed by atoms with Crippen molar-refractivity contribution in [3.63, 3.8) is 0 Å². The highest BCUT2D eigenvalue weighted by Gasteiger charge is 2.27. The van der Waals surface area contributed by atoms with Gasteiger partial charge in [0.05, 0.1) is 17.2 Å². The molecule has 18 heavy (non-hydrogen) atoms. The zero-order chi connectivity index (χ0) is 13.0. The minimum Gasteiger partial charge on any atom is -0.490 e. The zero-order valence-electron chi connectivity index (χ0n) is 10.6. The fraction of sp³-hybridized carbons (Fsp3) is 0.571. The van der Waals surface area contributed by atoms with Gasteiger partial charge < -0.3 is 14.6 Å². The molecule has 0 saturated heterocycles. The van der Waals surface area contributed by atoms with E-state index in [-0.39, 0.29) is 6.10 Å². The van der Waals surface area contributed by atoms with Gasteiger partial charge in [-0.05, 0) is 52.4 Å². The van der Waals surface area contributed by atoms with E-state index >= 15 is 0 Å². The van der Waals surface area contributed by atoms with Crippen molar-refractivity contribution in [3.05, 3.63) is 28.2 Å². The number of hydrogen-bond acceptors (Lipinski definition) is 3. The minimum absolute atomic E-state index is 0.344. The average molecular weight is 315 g/mol. The van der Waals surface area contributed by atoms with Crippen LogP contribution in [0.4, 0.5) is 0 Å². The molecule has 0 aliphatic heterocycles. The molecule has 1 aliphatic carbocycles. The Morgan fingerprint density at radius 2 is 2.17 bits per heavy atom. The third-order valence-electron chi connectivity index (χ3n) is 3.44. The molecule has 1 saturated carbocycles. The topological polar surface area (TPSA) is 38.7 Å². The molecule has 0 bridgehead atoms. The fourth-order valence-electron chi connectivity index (χ4n) is 2.08. The van der Waals surface area contributed by atoms with Crippen LogP contribution in [-0.4, -0.2) is 25.4 Å². The summed E-state index contributed by atoms with van der Waals surface area (Å²) in [6, 6.07) is 5.79. The van der Waals surface area contributed by atoms with E-state index in [4.69, 9.17) is 9.47 Å². The van der Waals surface area contributed by atoms with Crippen molar-refractivity contribution in [1.82, 2.24) is 0 Å². The molecule has 1 aromatic carbocycles. The summed E-state index contributed by atoms with van der Waals surface area (Å²) in [7, 11) is 1.65. The van der Waals surface area contributed by atoms with Crippen LogP contribution < -0.4 is 4.74 Å². The summed E-state index contributed by atoms with van der Waals surface area (Å²) in [5.41, 5.74) is 0.964. The number of hydrogen-bond donors (Lipinski definition) is 1. The second-order valence-corrected chi connectivity index (χ2v) is 5.52. The SMILES string of the molecule is COCCOc1ccc(C(O)C2CCC2)cc1Br. The lowest BCUT2D eigenvalue weighted by Crippen LogP contribution is -2.19. The van der Waals surface area contributed by atoms with E-state index in [0.29, 0.717) is 19.1 Å². The van der Waals surface area contributed by atoms with E-state index in [9.17, 15) is 5.11 Å². The Bertz CT molecular complexity index is 391. The second-order valence-electron chi connectivity index (χ2n) is 4.67. The van der Waals surface area contributed by atoms with Gasteiger partial charge in [-0.15, -0.1) is 0 Å². The van der Waals surface area contributed by atoms with Crippen LogP contribution in [0.3, 0.4) is 0 Å². The number of ether oxygens (including phenoxy) is 2.